The Morgan fingerprint density at radius 1 is 0.880 bits per heavy atom. The zero-order valence-electron chi connectivity index (χ0n) is 27.6. The number of rotatable bonds is 10. The number of hydrogen-bond donors (Lipinski definition) is 1. The molecule has 3 aromatic carbocycles. The number of aromatic nitrogens is 1. The van der Waals surface area contributed by atoms with Crippen molar-refractivity contribution in [1.29, 1.82) is 0 Å². The molecule has 2 fully saturated rings. The standard InChI is InChI=1S/C22H24N3OP.C13H12F3NO2.2CH2O/c1-2-27-21-11-9-20(10-12-21)25(16-18-4-3-13-24-14-18)15-17-5-7-19(8-6-17)22(23)26;14-13(15,16)19-11-3-1-8(2-4-11)12(18)17-6-9-5-10(9)7-17;2*1-2/h3-14,27H,2,15-16H2,1H3,(H2,23,26);1-4,9-10H,5-7H2;2*1H2/t;9-,10?;;/m.0../s1. The Labute approximate surface area is 291 Å². The number of anilines is 1. The highest BCUT2D eigenvalue weighted by molar-refractivity contribution is 7.47. The van der Waals surface area contributed by atoms with Crippen molar-refractivity contribution < 1.29 is 37.1 Å². The van der Waals surface area contributed by atoms with E-state index in [9.17, 15) is 22.8 Å². The second kappa shape index (κ2) is 19.2. The molecule has 3 atom stereocenters. The first-order valence-electron chi connectivity index (χ1n) is 15.7. The number of piperidine rings is 1. The number of halogens is 3. The van der Waals surface area contributed by atoms with Crippen LogP contribution in [0.3, 0.4) is 0 Å². The zero-order valence-corrected chi connectivity index (χ0v) is 28.6. The summed E-state index contributed by atoms with van der Waals surface area (Å²) in [6.45, 7) is 9.25. The van der Waals surface area contributed by atoms with Gasteiger partial charge in [0, 0.05) is 55.4 Å². The first-order valence-corrected chi connectivity index (χ1v) is 16.9. The van der Waals surface area contributed by atoms with E-state index in [-0.39, 0.29) is 11.7 Å². The molecule has 1 aromatic heterocycles. The molecule has 13 heteroatoms. The van der Waals surface area contributed by atoms with Crippen LogP contribution >= 0.6 is 8.58 Å². The molecule has 1 saturated carbocycles. The van der Waals surface area contributed by atoms with Gasteiger partial charge in [0.1, 0.15) is 19.3 Å². The van der Waals surface area contributed by atoms with Crippen molar-refractivity contribution in [3.05, 3.63) is 120 Å². The molecule has 9 nitrogen and oxygen atoms in total. The minimum absolute atomic E-state index is 0.120. The van der Waals surface area contributed by atoms with Crippen LogP contribution in [0.1, 0.15) is 45.2 Å². The SMILES string of the molecule is C=O.C=O.CCPc1ccc(N(Cc2ccc(C(N)=O)cc2)Cc2cccnc2)cc1.O=C(c1ccc(OC(F)(F)F)cc1)N1CC2C[C@H]2C1. The van der Waals surface area contributed by atoms with E-state index < -0.39 is 12.3 Å². The number of nitrogens with zero attached hydrogens (tertiary/aromatic N) is 3. The van der Waals surface area contributed by atoms with Gasteiger partial charge in [-0.25, -0.2) is 0 Å². The van der Waals surface area contributed by atoms with Crippen LogP contribution in [0.5, 0.6) is 5.75 Å². The van der Waals surface area contributed by atoms with Crippen LogP contribution in [0.2, 0.25) is 0 Å². The van der Waals surface area contributed by atoms with Gasteiger partial charge >= 0.3 is 6.36 Å². The molecule has 6 rings (SSSR count). The highest BCUT2D eigenvalue weighted by Crippen LogP contribution is 2.45. The van der Waals surface area contributed by atoms with Gasteiger partial charge in [-0.3, -0.25) is 14.6 Å². The lowest BCUT2D eigenvalue weighted by Gasteiger charge is -2.25. The number of fused-ring (bicyclic) bond motifs is 1. The van der Waals surface area contributed by atoms with E-state index in [4.69, 9.17) is 15.3 Å². The van der Waals surface area contributed by atoms with Crippen molar-refractivity contribution in [1.82, 2.24) is 9.88 Å². The Bertz CT molecular complexity index is 1630. The lowest BCUT2D eigenvalue weighted by molar-refractivity contribution is -0.274. The molecular formula is C37H40F3N4O5P. The molecule has 0 spiro atoms. The van der Waals surface area contributed by atoms with Crippen molar-refractivity contribution in [2.75, 3.05) is 24.2 Å². The summed E-state index contributed by atoms with van der Waals surface area (Å²) >= 11 is 0. The van der Waals surface area contributed by atoms with Crippen molar-refractivity contribution in [3.63, 3.8) is 0 Å². The monoisotopic (exact) mass is 708 g/mol. The van der Waals surface area contributed by atoms with Gasteiger partial charge in [-0.05, 0) is 95.4 Å². The minimum Gasteiger partial charge on any atom is -0.406 e. The average Bonchev–Trinajstić information content (AvgIpc) is 3.74. The van der Waals surface area contributed by atoms with Crippen LogP contribution in [0.4, 0.5) is 18.9 Å². The molecule has 2 amide bonds. The Morgan fingerprint density at radius 3 is 1.98 bits per heavy atom. The summed E-state index contributed by atoms with van der Waals surface area (Å²) in [5.41, 5.74) is 9.73. The minimum atomic E-state index is -4.71. The first kappa shape index (κ1) is 39.3. The Balaban J connectivity index is 0.000000257. The van der Waals surface area contributed by atoms with E-state index in [2.05, 4.69) is 51.9 Å². The van der Waals surface area contributed by atoms with Crippen LogP contribution < -0.4 is 20.7 Å². The average molecular weight is 709 g/mol. The largest absolute Gasteiger partial charge is 0.573 e. The number of nitrogens with two attached hydrogens (primary N) is 1. The van der Waals surface area contributed by atoms with Crippen molar-refractivity contribution in [3.8, 4) is 5.75 Å². The van der Waals surface area contributed by atoms with Gasteiger partial charge in [0.15, 0.2) is 0 Å². The third kappa shape index (κ3) is 12.1. The molecule has 1 saturated heterocycles. The fourth-order valence-electron chi connectivity index (χ4n) is 5.49. The van der Waals surface area contributed by atoms with Gasteiger partial charge in [0.2, 0.25) is 5.91 Å². The summed E-state index contributed by atoms with van der Waals surface area (Å²) in [7, 11) is 0.848. The van der Waals surface area contributed by atoms with Crippen molar-refractivity contribution >= 4 is 45.0 Å². The number of amides is 2. The van der Waals surface area contributed by atoms with Gasteiger partial charge in [-0.1, -0.05) is 45.8 Å². The normalized spacial score (nSPS) is 15.6. The van der Waals surface area contributed by atoms with E-state index >= 15 is 0 Å². The summed E-state index contributed by atoms with van der Waals surface area (Å²) in [6, 6.07) is 25.4. The fraction of sp³-hybridized carbons (Fsp3) is 0.270. The number of pyridine rings is 1. The van der Waals surface area contributed by atoms with E-state index in [1.54, 1.807) is 23.2 Å². The van der Waals surface area contributed by atoms with Crippen molar-refractivity contribution in [2.45, 2.75) is 32.8 Å². The van der Waals surface area contributed by atoms with Gasteiger partial charge in [0.05, 0.1) is 0 Å². The third-order valence-electron chi connectivity index (χ3n) is 7.92. The summed E-state index contributed by atoms with van der Waals surface area (Å²) in [5.74, 6) is 0.439. The Hall–Kier alpha value is -5.09. The number of hydrogen-bond acceptors (Lipinski definition) is 7. The van der Waals surface area contributed by atoms with Gasteiger partial charge in [0.25, 0.3) is 5.91 Å². The van der Waals surface area contributed by atoms with Crippen LogP contribution in [0.15, 0.2) is 97.3 Å². The molecule has 2 unspecified atom stereocenters. The predicted molar refractivity (Wildman–Crippen MR) is 189 cm³/mol. The maximum Gasteiger partial charge on any atom is 0.573 e. The third-order valence-corrected chi connectivity index (χ3v) is 9.02. The molecule has 2 N–H and O–H groups in total. The first-order chi connectivity index (χ1) is 24.1. The number of carbonyl (C=O) groups excluding carboxylic acids is 4. The second-order valence-electron chi connectivity index (χ2n) is 11.4. The summed E-state index contributed by atoms with van der Waals surface area (Å²) < 4.78 is 39.8. The second-order valence-corrected chi connectivity index (χ2v) is 13.0. The number of carbonyl (C=O) groups is 4. The van der Waals surface area contributed by atoms with Crippen LogP contribution in [0, 0.1) is 11.8 Å². The maximum atomic E-state index is 12.1. The molecule has 2 heterocycles. The molecule has 2 aliphatic rings. The van der Waals surface area contributed by atoms with E-state index in [0.717, 1.165) is 58.0 Å². The zero-order chi connectivity index (χ0) is 36.7. The number of likely N-dealkylation sites (tertiary alicyclic amines) is 1. The number of alkyl halides is 3. The molecule has 0 bridgehead atoms. The summed E-state index contributed by atoms with van der Waals surface area (Å²) in [4.78, 5) is 47.7. The smallest absolute Gasteiger partial charge is 0.406 e. The highest BCUT2D eigenvalue weighted by Gasteiger charge is 2.46. The maximum absolute atomic E-state index is 12.1. The lowest BCUT2D eigenvalue weighted by Crippen LogP contribution is -2.30. The number of benzene rings is 3. The predicted octanol–water partition coefficient (Wildman–Crippen LogP) is 6.02. The van der Waals surface area contributed by atoms with Gasteiger partial charge in [-0.15, -0.1) is 13.2 Å². The number of primary amides is 1. The van der Waals surface area contributed by atoms with Gasteiger partial charge in [-0.2, -0.15) is 0 Å². The van der Waals surface area contributed by atoms with E-state index in [1.807, 2.05) is 38.0 Å². The van der Waals surface area contributed by atoms with E-state index in [0.29, 0.717) is 23.0 Å². The van der Waals surface area contributed by atoms with E-state index in [1.165, 1.54) is 35.7 Å². The summed E-state index contributed by atoms with van der Waals surface area (Å²) in [6.07, 6.45) is 1.35. The number of ether oxygens (including phenoxy) is 1. The molecular weight excluding hydrogens is 668 g/mol. The van der Waals surface area contributed by atoms with Crippen LogP contribution in [0.25, 0.3) is 0 Å². The molecule has 1 aliphatic carbocycles. The highest BCUT2D eigenvalue weighted by atomic mass is 31.1. The quantitative estimate of drug-likeness (QED) is 0.200. The molecule has 264 valence electrons. The fourth-order valence-corrected chi connectivity index (χ4v) is 6.30. The van der Waals surface area contributed by atoms with Gasteiger partial charge < -0.3 is 29.9 Å². The lowest BCUT2D eigenvalue weighted by atomic mass is 10.1. The molecule has 50 heavy (non-hydrogen) atoms. The Kier molecular flexibility index (Phi) is 15.1. The topological polar surface area (TPSA) is 123 Å². The molecule has 1 aliphatic heterocycles. The molecule has 4 aromatic rings. The van der Waals surface area contributed by atoms with Crippen molar-refractivity contribution in [2.24, 2.45) is 17.6 Å². The molecule has 0 radical (unpaired) electrons. The van der Waals surface area contributed by atoms with Crippen LogP contribution in [-0.4, -0.2) is 60.9 Å². The Morgan fingerprint density at radius 2 is 1.46 bits per heavy atom. The summed E-state index contributed by atoms with van der Waals surface area (Å²) in [5, 5.41) is 1.38. The van der Waals surface area contributed by atoms with Crippen LogP contribution in [-0.2, 0) is 22.7 Å².